The van der Waals surface area contributed by atoms with Crippen LogP contribution in [0.25, 0.3) is 0 Å². The molecule has 0 aromatic carbocycles. The first-order valence-electron chi connectivity index (χ1n) is 29.2. The van der Waals surface area contributed by atoms with Crippen LogP contribution in [0.1, 0.15) is 199 Å². The molecule has 0 spiro atoms. The number of esters is 6. The average molecular weight is 1180 g/mol. The smallest absolute Gasteiger partial charge is 0.357 e. The number of aromatic nitrogens is 1. The molecule has 2 unspecified atom stereocenters. The second-order valence-electron chi connectivity index (χ2n) is 27.0. The first kappa shape index (κ1) is 73.2. The molecule has 83 heavy (non-hydrogen) atoms. The Labute approximate surface area is 493 Å². The van der Waals surface area contributed by atoms with Crippen molar-refractivity contribution in [3.05, 3.63) is 29.6 Å². The van der Waals surface area contributed by atoms with Gasteiger partial charge in [0.05, 0.1) is 12.2 Å². The van der Waals surface area contributed by atoms with Gasteiger partial charge in [0.25, 0.3) is 0 Å². The summed E-state index contributed by atoms with van der Waals surface area (Å²) in [5, 5.41) is 10.8. The molecule has 4 amide bonds. The molecule has 1 aromatic heterocycles. The van der Waals surface area contributed by atoms with Gasteiger partial charge in [-0.15, -0.1) is 0 Å². The molecule has 0 bridgehead atoms. The van der Waals surface area contributed by atoms with Crippen molar-refractivity contribution in [3.8, 4) is 0 Å². The van der Waals surface area contributed by atoms with Gasteiger partial charge in [0, 0.05) is 78.2 Å². The lowest BCUT2D eigenvalue weighted by atomic mass is 10.1. The lowest BCUT2D eigenvalue weighted by molar-refractivity contribution is -0.163. The van der Waals surface area contributed by atoms with E-state index in [1.165, 1.54) is 0 Å². The fourth-order valence-electron chi connectivity index (χ4n) is 8.26. The summed E-state index contributed by atoms with van der Waals surface area (Å²) in [6, 6.07) is 0.962. The first-order chi connectivity index (χ1) is 38.0. The van der Waals surface area contributed by atoms with Gasteiger partial charge in [-0.1, -0.05) is 6.07 Å². The van der Waals surface area contributed by atoms with Crippen molar-refractivity contribution in [1.82, 2.24) is 41.0 Å². The van der Waals surface area contributed by atoms with Gasteiger partial charge in [0.2, 0.25) is 11.8 Å². The second-order valence-corrected chi connectivity index (χ2v) is 27.0. The second kappa shape index (κ2) is 32.9. The molecule has 0 aliphatic carbocycles. The molecular weight excluding hydrogens is 1070 g/mol. The van der Waals surface area contributed by atoms with Crippen molar-refractivity contribution in [3.63, 3.8) is 0 Å². The molecule has 1 saturated heterocycles. The van der Waals surface area contributed by atoms with Crippen LogP contribution >= 0.6 is 0 Å². The zero-order valence-corrected chi connectivity index (χ0v) is 53.3. The monoisotopic (exact) mass is 1170 g/mol. The summed E-state index contributed by atoms with van der Waals surface area (Å²) in [6.45, 7) is 35.1. The summed E-state index contributed by atoms with van der Waals surface area (Å²) in [5.41, 5.74) is -3.94. The molecule has 0 radical (unpaired) electrons. The van der Waals surface area contributed by atoms with E-state index in [0.29, 0.717) is 83.9 Å². The quantitative estimate of drug-likeness (QED) is 0.0449. The van der Waals surface area contributed by atoms with Gasteiger partial charge in [0.15, 0.2) is 0 Å². The molecule has 1 aliphatic rings. The van der Waals surface area contributed by atoms with Gasteiger partial charge in [-0.2, -0.15) is 0 Å². The number of ether oxygens (including phenoxy) is 6. The Balaban J connectivity index is 2.07. The summed E-state index contributed by atoms with van der Waals surface area (Å²) in [6.07, 6.45) is 1.40. The molecule has 2 rings (SSSR count). The molecule has 1 aliphatic heterocycles. The van der Waals surface area contributed by atoms with E-state index >= 15 is 0 Å². The predicted molar refractivity (Wildman–Crippen MR) is 313 cm³/mol. The third-order valence-electron chi connectivity index (χ3n) is 11.7. The first-order valence-corrected chi connectivity index (χ1v) is 29.2. The van der Waals surface area contributed by atoms with E-state index in [4.69, 9.17) is 28.4 Å². The number of rotatable bonds is 26. The zero-order valence-electron chi connectivity index (χ0n) is 53.3. The number of unbranched alkanes of at least 4 members (excludes halogenated alkanes) is 2. The van der Waals surface area contributed by atoms with E-state index in [0.717, 1.165) is 0 Å². The van der Waals surface area contributed by atoms with Gasteiger partial charge in [0.1, 0.15) is 57.4 Å². The Morgan fingerprint density at radius 3 is 1.40 bits per heavy atom. The molecule has 23 heteroatoms. The highest BCUT2D eigenvalue weighted by Crippen LogP contribution is 2.20. The van der Waals surface area contributed by atoms with E-state index in [1.54, 1.807) is 116 Å². The number of amides is 4. The van der Waals surface area contributed by atoms with Crippen LogP contribution in [0.2, 0.25) is 0 Å². The van der Waals surface area contributed by atoms with Gasteiger partial charge in [-0.25, -0.2) is 24.2 Å². The highest BCUT2D eigenvalue weighted by Gasteiger charge is 2.35. The largest absolute Gasteiger partial charge is 0.460 e. The third kappa shape index (κ3) is 34.4. The number of nitrogens with one attached hydrogen (secondary N) is 4. The van der Waals surface area contributed by atoms with E-state index in [9.17, 15) is 43.2 Å². The maximum Gasteiger partial charge on any atom is 0.357 e. The number of carbonyl (C=O) groups is 9. The maximum absolute atomic E-state index is 14.1. The van der Waals surface area contributed by atoms with Crippen molar-refractivity contribution < 1.29 is 71.6 Å². The lowest BCUT2D eigenvalue weighted by Crippen LogP contribution is -2.53. The van der Waals surface area contributed by atoms with E-state index in [-0.39, 0.29) is 68.5 Å². The topological polar surface area (TPSA) is 280 Å². The van der Waals surface area contributed by atoms with E-state index in [2.05, 4.69) is 31.2 Å². The highest BCUT2D eigenvalue weighted by atomic mass is 16.6. The number of hydrogen-bond donors (Lipinski definition) is 4. The molecule has 472 valence electrons. The van der Waals surface area contributed by atoms with Gasteiger partial charge < -0.3 is 49.7 Å². The number of urea groups is 1. The van der Waals surface area contributed by atoms with Crippen LogP contribution in [-0.4, -0.2) is 184 Å². The van der Waals surface area contributed by atoms with Gasteiger partial charge in [-0.05, 0) is 175 Å². The van der Waals surface area contributed by atoms with Crippen LogP contribution in [0.15, 0.2) is 18.2 Å². The summed E-state index contributed by atoms with van der Waals surface area (Å²) >= 11 is 0. The van der Waals surface area contributed by atoms with Crippen molar-refractivity contribution in [2.45, 2.75) is 241 Å². The number of pyridine rings is 1. The van der Waals surface area contributed by atoms with Gasteiger partial charge in [-0.3, -0.25) is 38.7 Å². The molecular formula is C60H102N8O15. The van der Waals surface area contributed by atoms with Crippen LogP contribution in [0, 0.1) is 0 Å². The van der Waals surface area contributed by atoms with Crippen LogP contribution in [0.3, 0.4) is 0 Å². The van der Waals surface area contributed by atoms with Crippen molar-refractivity contribution in [2.24, 2.45) is 0 Å². The predicted octanol–water partition coefficient (Wildman–Crippen LogP) is 6.31. The van der Waals surface area contributed by atoms with Crippen LogP contribution < -0.4 is 21.3 Å². The minimum absolute atomic E-state index is 0.0243. The Bertz CT molecular complexity index is 2300. The number of nitrogens with zero attached hydrogens (tertiary/aromatic N) is 4. The van der Waals surface area contributed by atoms with Crippen molar-refractivity contribution >= 4 is 53.7 Å². The summed E-state index contributed by atoms with van der Waals surface area (Å²) in [4.78, 5) is 130. The Kier molecular flexibility index (Phi) is 29.0. The molecule has 2 heterocycles. The van der Waals surface area contributed by atoms with E-state index < -0.39 is 87.6 Å². The molecule has 0 saturated carbocycles. The van der Waals surface area contributed by atoms with Crippen LogP contribution in [0.4, 0.5) is 4.79 Å². The third-order valence-corrected chi connectivity index (χ3v) is 11.7. The molecule has 1 aromatic rings. The fraction of sp³-hybridized carbons (Fsp3) is 0.767. The average Bonchev–Trinajstić information content (AvgIpc) is 3.72. The summed E-state index contributed by atoms with van der Waals surface area (Å²) in [5.74, 6) is -4.15. The Hall–Kier alpha value is -5.94. The summed E-state index contributed by atoms with van der Waals surface area (Å²) < 4.78 is 33.6. The van der Waals surface area contributed by atoms with Gasteiger partial charge >= 0.3 is 41.8 Å². The standard InChI is InChI=1S/C60H102N8O15/c1-55(2,3)78-48(71)30-26-44(52(75)82-59(13,14)15)65-54(77)64-43(51(74)81-58(10,11)12)25-28-46(69)61-31-20-19-21-32-62-47(70)29-27-45(53(76)83-60(16,17)18)68-37-35-66(33-34-67(36-38-68)40-49(72)79-56(4,5)6)39-41-23-22-24-42(63-41)50(73)80-57(7,8)9/h22-24,43-45H,19-21,25-40H2,1-18H3,(H,61,69)(H,62,70)(H2,64,65,77)/t43-,44?,45?/m1/s1. The van der Waals surface area contributed by atoms with Crippen molar-refractivity contribution in [1.29, 1.82) is 0 Å². The Morgan fingerprint density at radius 1 is 0.482 bits per heavy atom. The highest BCUT2D eigenvalue weighted by molar-refractivity contribution is 5.89. The number of hydrogen-bond acceptors (Lipinski definition) is 19. The van der Waals surface area contributed by atoms with Crippen LogP contribution in [0.5, 0.6) is 0 Å². The summed E-state index contributed by atoms with van der Waals surface area (Å²) in [7, 11) is 0. The van der Waals surface area contributed by atoms with Crippen molar-refractivity contribution in [2.75, 3.05) is 58.9 Å². The maximum atomic E-state index is 14.1. The number of carbonyl (C=O) groups excluding carboxylic acids is 9. The molecule has 3 atom stereocenters. The minimum atomic E-state index is -1.27. The zero-order chi connectivity index (χ0) is 63.1. The van der Waals surface area contributed by atoms with E-state index in [1.807, 2.05) is 36.6 Å². The SMILES string of the molecule is CC(C)(C)OC(=O)CCC(NC(=O)N[C@H](CCC(=O)NCCCCCNC(=O)CCC(C(=O)OC(C)(C)C)N1CCN(CC(=O)OC(C)(C)C)CCN(Cc2cccc(C(=O)OC(C)(C)C)n2)CC1)C(=O)OC(C)(C)C)C(=O)OC(C)(C)C. The molecule has 23 nitrogen and oxygen atoms in total. The molecule has 4 N–H and O–H groups in total. The molecule has 1 fully saturated rings. The minimum Gasteiger partial charge on any atom is -0.460 e. The van der Waals surface area contributed by atoms with Crippen LogP contribution in [-0.2, 0) is 68.5 Å². The lowest BCUT2D eigenvalue weighted by Gasteiger charge is -2.33. The fourth-order valence-corrected chi connectivity index (χ4v) is 8.26. The Morgan fingerprint density at radius 2 is 0.904 bits per heavy atom. The normalized spacial score (nSPS) is 15.6.